The number of amides is 1. The molecule has 0 saturated heterocycles. The van der Waals surface area contributed by atoms with Gasteiger partial charge in [-0.1, -0.05) is 29.1 Å². The average Bonchev–Trinajstić information content (AvgIpc) is 3.50. The van der Waals surface area contributed by atoms with Crippen molar-refractivity contribution in [3.63, 3.8) is 0 Å². The van der Waals surface area contributed by atoms with Gasteiger partial charge in [0.25, 0.3) is 5.91 Å². The maximum Gasteiger partial charge on any atom is 0.293 e. The minimum atomic E-state index is -0.616. The Bertz CT molecular complexity index is 1290. The Morgan fingerprint density at radius 2 is 2.12 bits per heavy atom. The minimum Gasteiger partial charge on any atom is -0.507 e. The number of hydrogen-bond acceptors (Lipinski definition) is 12. The molecule has 15 heteroatoms. The number of nitrogens with zero attached hydrogens (tertiary/aromatic N) is 9. The second-order valence-electron chi connectivity index (χ2n) is 6.44. The summed E-state index contributed by atoms with van der Waals surface area (Å²) in [6.07, 6.45) is 1.56. The van der Waals surface area contributed by atoms with Crippen molar-refractivity contribution in [3.05, 3.63) is 47.5 Å². The highest BCUT2D eigenvalue weighted by Gasteiger charge is 2.24. The number of aromatic hydroxyl groups is 1. The summed E-state index contributed by atoms with van der Waals surface area (Å²) in [4.78, 5) is 12.9. The molecule has 0 fully saturated rings. The summed E-state index contributed by atoms with van der Waals surface area (Å²) in [6, 6.07) is 6.65. The number of carbonyl (C=O) groups excluding carboxylic acids is 1. The molecule has 4 N–H and O–H groups in total. The summed E-state index contributed by atoms with van der Waals surface area (Å²) < 4.78 is 7.63. The number of nitrogens with one attached hydrogen (secondary N) is 1. The van der Waals surface area contributed by atoms with Gasteiger partial charge in [0.1, 0.15) is 12.1 Å². The number of aryl methyl sites for hydroxylation is 1. The number of anilines is 1. The lowest BCUT2D eigenvalue weighted by Gasteiger charge is -2.06. The van der Waals surface area contributed by atoms with E-state index in [0.717, 1.165) is 0 Å². The monoisotopic (exact) mass is 455 g/mol. The van der Waals surface area contributed by atoms with Gasteiger partial charge in [-0.2, -0.15) is 9.78 Å². The zero-order chi connectivity index (χ0) is 22.7. The third-order valence-electron chi connectivity index (χ3n) is 4.30. The molecule has 0 atom stereocenters. The van der Waals surface area contributed by atoms with Crippen molar-refractivity contribution in [2.24, 2.45) is 12.1 Å². The van der Waals surface area contributed by atoms with Gasteiger partial charge < -0.3 is 15.4 Å². The molecule has 0 unspecified atom stereocenters. The smallest absolute Gasteiger partial charge is 0.293 e. The zero-order valence-electron chi connectivity index (χ0n) is 16.9. The van der Waals surface area contributed by atoms with Crippen LogP contribution in [0.15, 0.2) is 45.5 Å². The van der Waals surface area contributed by atoms with E-state index in [-0.39, 0.29) is 28.8 Å². The van der Waals surface area contributed by atoms with Crippen LogP contribution in [-0.2, 0) is 12.8 Å². The molecule has 164 valence electrons. The Hall–Kier alpha value is -4.27. The maximum absolute atomic E-state index is 12.9. The first-order valence-corrected chi connectivity index (χ1v) is 10.1. The molecule has 4 aromatic rings. The number of phenols is 1. The van der Waals surface area contributed by atoms with Crippen LogP contribution in [0.25, 0.3) is 5.82 Å². The fraction of sp³-hybridized carbons (Fsp3) is 0.176. The topological polar surface area (TPSA) is 188 Å². The molecule has 0 bridgehead atoms. The van der Waals surface area contributed by atoms with Crippen molar-refractivity contribution >= 4 is 29.2 Å². The highest BCUT2D eigenvalue weighted by molar-refractivity contribution is 7.98. The zero-order valence-corrected chi connectivity index (χ0v) is 17.7. The Morgan fingerprint density at radius 1 is 1.31 bits per heavy atom. The van der Waals surface area contributed by atoms with Gasteiger partial charge in [0.15, 0.2) is 10.9 Å². The van der Waals surface area contributed by atoms with Crippen molar-refractivity contribution in [1.29, 1.82) is 0 Å². The Labute approximate surface area is 184 Å². The normalized spacial score (nSPS) is 11.6. The summed E-state index contributed by atoms with van der Waals surface area (Å²) in [7, 11) is 1.79. The van der Waals surface area contributed by atoms with Crippen molar-refractivity contribution in [2.45, 2.75) is 17.8 Å². The van der Waals surface area contributed by atoms with E-state index in [4.69, 9.17) is 5.73 Å². The van der Waals surface area contributed by atoms with Gasteiger partial charge in [0.2, 0.25) is 11.6 Å². The molecular formula is C17H17N11O3S. The predicted molar refractivity (Wildman–Crippen MR) is 112 cm³/mol. The number of nitrogens with two attached hydrogens (primary N) is 1. The van der Waals surface area contributed by atoms with Crippen LogP contribution >= 0.6 is 11.8 Å². The summed E-state index contributed by atoms with van der Waals surface area (Å²) in [6.45, 7) is 1.65. The van der Waals surface area contributed by atoms with Crippen LogP contribution in [-0.4, -0.2) is 56.8 Å². The Morgan fingerprint density at radius 3 is 2.81 bits per heavy atom. The van der Waals surface area contributed by atoms with Gasteiger partial charge in [-0.25, -0.2) is 10.1 Å². The number of aromatic nitrogens is 8. The van der Waals surface area contributed by atoms with Crippen LogP contribution in [0, 0.1) is 0 Å². The standard InChI is InChI=1S/C17H17N11O3S/c1-9(10-5-3-4-6-12(10)29)20-22-16(30)13-11(7-32-17-23-19-8-27(17)2)28(26-21-13)15-14(18)24-31-25-15/h3-6,8,29H,7H2,1-2H3,(H2,18,24)(H,22,30)/b20-9-. The van der Waals surface area contributed by atoms with Crippen LogP contribution in [0.2, 0.25) is 0 Å². The SMILES string of the molecule is C/C(=N/NC(=O)c1nnn(-c2nonc2N)c1CSc1nncn1C)c1ccccc1O. The maximum atomic E-state index is 12.9. The van der Waals surface area contributed by atoms with E-state index in [9.17, 15) is 9.90 Å². The number of para-hydroxylation sites is 1. The van der Waals surface area contributed by atoms with Crippen LogP contribution in [0.3, 0.4) is 0 Å². The van der Waals surface area contributed by atoms with Crippen LogP contribution in [0.1, 0.15) is 28.7 Å². The number of nitrogen functional groups attached to an aromatic ring is 1. The quantitative estimate of drug-likeness (QED) is 0.200. The lowest BCUT2D eigenvalue weighted by atomic mass is 10.1. The first-order chi connectivity index (χ1) is 15.5. The van der Waals surface area contributed by atoms with Crippen LogP contribution < -0.4 is 11.2 Å². The van der Waals surface area contributed by atoms with Gasteiger partial charge in [-0.3, -0.25) is 4.79 Å². The van der Waals surface area contributed by atoms with Gasteiger partial charge in [0, 0.05) is 18.4 Å². The fourth-order valence-corrected chi connectivity index (χ4v) is 3.56. The van der Waals surface area contributed by atoms with Crippen molar-refractivity contribution < 1.29 is 14.5 Å². The first-order valence-electron chi connectivity index (χ1n) is 9.08. The molecule has 3 aromatic heterocycles. The molecule has 0 spiro atoms. The average molecular weight is 455 g/mol. The lowest BCUT2D eigenvalue weighted by molar-refractivity contribution is 0.0949. The first kappa shape index (κ1) is 21.0. The molecule has 32 heavy (non-hydrogen) atoms. The van der Waals surface area contributed by atoms with E-state index in [1.54, 1.807) is 43.1 Å². The molecule has 1 aromatic carbocycles. The number of phenolic OH excluding ortho intramolecular Hbond substituents is 1. The minimum absolute atomic E-state index is 0.00379. The molecule has 4 rings (SSSR count). The summed E-state index contributed by atoms with van der Waals surface area (Å²) in [5.74, 6) is -0.256. The molecule has 0 aliphatic heterocycles. The molecule has 0 saturated carbocycles. The number of benzene rings is 1. The second kappa shape index (κ2) is 8.84. The number of hydrazone groups is 1. The van der Waals surface area contributed by atoms with E-state index in [1.165, 1.54) is 22.5 Å². The third-order valence-corrected chi connectivity index (χ3v) is 5.35. The molecule has 0 aliphatic rings. The summed E-state index contributed by atoms with van der Waals surface area (Å²) in [5, 5.41) is 37.7. The van der Waals surface area contributed by atoms with Crippen LogP contribution in [0.4, 0.5) is 5.82 Å². The Balaban J connectivity index is 1.62. The van der Waals surface area contributed by atoms with Gasteiger partial charge in [0.05, 0.1) is 11.4 Å². The number of rotatable bonds is 7. The predicted octanol–water partition coefficient (Wildman–Crippen LogP) is 0.513. The molecule has 3 heterocycles. The number of thioether (sulfide) groups is 1. The molecular weight excluding hydrogens is 438 g/mol. The van der Waals surface area contributed by atoms with Crippen molar-refractivity contribution in [2.75, 3.05) is 5.73 Å². The largest absolute Gasteiger partial charge is 0.507 e. The number of hydrogen-bond donors (Lipinski definition) is 3. The molecule has 0 radical (unpaired) electrons. The van der Waals surface area contributed by atoms with Gasteiger partial charge >= 0.3 is 0 Å². The van der Waals surface area contributed by atoms with Crippen LogP contribution in [0.5, 0.6) is 5.75 Å². The van der Waals surface area contributed by atoms with E-state index in [1.807, 2.05) is 0 Å². The molecule has 0 aliphatic carbocycles. The number of carbonyl (C=O) groups is 1. The Kier molecular flexibility index (Phi) is 5.80. The van der Waals surface area contributed by atoms with E-state index >= 15 is 0 Å². The van der Waals surface area contributed by atoms with E-state index in [2.05, 4.69) is 46.0 Å². The highest BCUT2D eigenvalue weighted by Crippen LogP contribution is 2.24. The highest BCUT2D eigenvalue weighted by atomic mass is 32.2. The van der Waals surface area contributed by atoms with Gasteiger partial charge in [-0.05, 0) is 29.4 Å². The second-order valence-corrected chi connectivity index (χ2v) is 7.38. The van der Waals surface area contributed by atoms with Gasteiger partial charge in [-0.15, -0.1) is 15.3 Å². The molecule has 1 amide bonds. The van der Waals surface area contributed by atoms with Crippen molar-refractivity contribution in [3.8, 4) is 11.6 Å². The third kappa shape index (κ3) is 4.13. The van der Waals surface area contributed by atoms with E-state index < -0.39 is 5.91 Å². The fourth-order valence-electron chi connectivity index (χ4n) is 2.68. The molecule has 14 nitrogen and oxygen atoms in total. The van der Waals surface area contributed by atoms with Crippen molar-refractivity contribution in [1.82, 2.24) is 45.5 Å². The summed E-state index contributed by atoms with van der Waals surface area (Å²) in [5.41, 5.74) is 9.47. The van der Waals surface area contributed by atoms with E-state index in [0.29, 0.717) is 22.1 Å². The lowest BCUT2D eigenvalue weighted by Crippen LogP contribution is -2.21. The summed E-state index contributed by atoms with van der Waals surface area (Å²) >= 11 is 1.30.